The lowest BCUT2D eigenvalue weighted by atomic mass is 10.0. The highest BCUT2D eigenvalue weighted by atomic mass is 16.6. The van der Waals surface area contributed by atoms with Crippen LogP contribution in [0, 0.1) is 0 Å². The van der Waals surface area contributed by atoms with E-state index in [9.17, 15) is 9.59 Å². The number of fused-ring (bicyclic) bond motifs is 1. The van der Waals surface area contributed by atoms with Gasteiger partial charge in [0.05, 0.1) is 38.3 Å². The molecule has 1 fully saturated rings. The Labute approximate surface area is 257 Å². The third-order valence-electron chi connectivity index (χ3n) is 7.59. The van der Waals surface area contributed by atoms with Crippen LogP contribution in [0.4, 0.5) is 16.3 Å². The van der Waals surface area contributed by atoms with E-state index in [1.54, 1.807) is 30.0 Å². The zero-order chi connectivity index (χ0) is 31.3. The monoisotopic (exact) mass is 616 g/mol. The number of rotatable bonds is 8. The maximum absolute atomic E-state index is 13.5. The van der Waals surface area contributed by atoms with Gasteiger partial charge >= 0.3 is 6.09 Å². The molecule has 2 aromatic carbocycles. The molecule has 16 heteroatoms. The van der Waals surface area contributed by atoms with Crippen LogP contribution in [0.1, 0.15) is 40.7 Å². The zero-order valence-corrected chi connectivity index (χ0v) is 24.8. The number of hydrazone groups is 1. The fourth-order valence-electron chi connectivity index (χ4n) is 5.22. The molecule has 2 amide bonds. The average Bonchev–Trinajstić information content (AvgIpc) is 3.69. The summed E-state index contributed by atoms with van der Waals surface area (Å²) in [5.74, 6) is 0.147. The number of amides is 2. The molecule has 3 N–H and O–H groups in total. The number of carbonyl (C=O) groups is 2. The van der Waals surface area contributed by atoms with Crippen LogP contribution in [-0.4, -0.2) is 87.9 Å². The first-order valence-electron chi connectivity index (χ1n) is 14.4. The number of aryl methyl sites for hydroxylation is 1. The number of nitrogens with zero attached hydrogens (tertiary/aromatic N) is 8. The molecule has 16 nitrogen and oxygen atoms in total. The third-order valence-corrected chi connectivity index (χ3v) is 7.59. The molecule has 4 heterocycles. The van der Waals surface area contributed by atoms with Crippen molar-refractivity contribution < 1.29 is 28.4 Å². The van der Waals surface area contributed by atoms with Crippen molar-refractivity contribution in [1.29, 1.82) is 0 Å². The quantitative estimate of drug-likeness (QED) is 0.217. The Morgan fingerprint density at radius 2 is 1.91 bits per heavy atom. The Bertz CT molecular complexity index is 1730. The number of aromatic nitrogens is 5. The number of benzene rings is 2. The van der Waals surface area contributed by atoms with Crippen molar-refractivity contribution in [3.05, 3.63) is 65.0 Å². The first-order chi connectivity index (χ1) is 21.9. The van der Waals surface area contributed by atoms with Gasteiger partial charge in [-0.3, -0.25) is 4.79 Å². The maximum Gasteiger partial charge on any atom is 0.415 e. The summed E-state index contributed by atoms with van der Waals surface area (Å²) in [4.78, 5) is 29.8. The summed E-state index contributed by atoms with van der Waals surface area (Å²) < 4.78 is 22.4. The molecule has 45 heavy (non-hydrogen) atoms. The molecule has 0 aliphatic carbocycles. The van der Waals surface area contributed by atoms with Gasteiger partial charge in [-0.15, -0.1) is 5.10 Å². The summed E-state index contributed by atoms with van der Waals surface area (Å²) in [5.41, 5.74) is 12.4. The number of nitrogen functional groups attached to an aromatic ring is 1. The van der Waals surface area contributed by atoms with E-state index in [-0.39, 0.29) is 23.1 Å². The molecule has 2 aliphatic heterocycles. The number of nitrogens with two attached hydrogens (primary N) is 1. The van der Waals surface area contributed by atoms with Crippen LogP contribution < -0.4 is 25.5 Å². The standard InChI is InChI=1S/C29H32N10O6/c1-18(20-9-10-23(24(16-20)42-2)44-29(41)37-12-14-43-15-13-37)31-33-28(40)25-22(39(36-32-25)27-26(30)34-45-35-27)17-38-11-5-7-19-6-3-4-8-21(19)38/h3-4,6,8-10,16H,5,7,11-15,17H2,1-2H3,(H2,30,34)(H,33,40). The number of nitrogens with one attached hydrogen (secondary N) is 1. The predicted octanol–water partition coefficient (Wildman–Crippen LogP) is 2.18. The molecule has 0 saturated carbocycles. The first-order valence-corrected chi connectivity index (χ1v) is 14.4. The summed E-state index contributed by atoms with van der Waals surface area (Å²) in [6, 6.07) is 13.1. The van der Waals surface area contributed by atoms with Crippen molar-refractivity contribution in [2.45, 2.75) is 26.3 Å². The number of para-hydroxylation sites is 1. The lowest BCUT2D eigenvalue weighted by molar-refractivity contribution is 0.0413. The first kappa shape index (κ1) is 29.6. The smallest absolute Gasteiger partial charge is 0.415 e. The highest BCUT2D eigenvalue weighted by Gasteiger charge is 2.27. The Balaban J connectivity index is 1.22. The number of carbonyl (C=O) groups excluding carboxylic acids is 2. The number of methoxy groups -OCH3 is 1. The number of anilines is 2. The predicted molar refractivity (Wildman–Crippen MR) is 161 cm³/mol. The minimum Gasteiger partial charge on any atom is -0.493 e. The number of hydrogen-bond donors (Lipinski definition) is 2. The largest absolute Gasteiger partial charge is 0.493 e. The van der Waals surface area contributed by atoms with Crippen molar-refractivity contribution in [1.82, 2.24) is 35.6 Å². The van der Waals surface area contributed by atoms with Crippen LogP contribution >= 0.6 is 0 Å². The van der Waals surface area contributed by atoms with Gasteiger partial charge in [0, 0.05) is 30.9 Å². The SMILES string of the molecule is COc1cc(C(C)=NNC(=O)c2nnn(-c3nonc3N)c2CN2CCCc3ccccc32)ccc1OC(=O)N1CCOCC1. The van der Waals surface area contributed by atoms with Crippen LogP contribution in [-0.2, 0) is 17.7 Å². The van der Waals surface area contributed by atoms with Crippen molar-refractivity contribution >= 4 is 29.2 Å². The fraction of sp³-hybridized carbons (Fsp3) is 0.345. The van der Waals surface area contributed by atoms with Gasteiger partial charge in [0.1, 0.15) is 0 Å². The van der Waals surface area contributed by atoms with Crippen LogP contribution in [0.15, 0.2) is 52.2 Å². The lowest BCUT2D eigenvalue weighted by Crippen LogP contribution is -2.42. The van der Waals surface area contributed by atoms with Crippen molar-refractivity contribution in [2.24, 2.45) is 5.10 Å². The molecule has 4 aromatic rings. The van der Waals surface area contributed by atoms with Gasteiger partial charge in [0.15, 0.2) is 17.2 Å². The summed E-state index contributed by atoms with van der Waals surface area (Å²) in [7, 11) is 1.47. The minimum absolute atomic E-state index is 0.00837. The molecular formula is C29H32N10O6. The molecule has 234 valence electrons. The molecule has 6 rings (SSSR count). The summed E-state index contributed by atoms with van der Waals surface area (Å²) >= 11 is 0. The number of hydrogen-bond acceptors (Lipinski definition) is 13. The summed E-state index contributed by atoms with van der Waals surface area (Å²) in [5, 5.41) is 20.1. The van der Waals surface area contributed by atoms with Gasteiger partial charge in [0.25, 0.3) is 5.91 Å². The van der Waals surface area contributed by atoms with Gasteiger partial charge in [-0.05, 0) is 59.9 Å². The van der Waals surface area contributed by atoms with E-state index in [1.165, 1.54) is 17.4 Å². The van der Waals surface area contributed by atoms with Gasteiger partial charge in [0.2, 0.25) is 11.6 Å². The lowest BCUT2D eigenvalue weighted by Gasteiger charge is -2.31. The normalized spacial score (nSPS) is 15.0. The molecule has 0 unspecified atom stereocenters. The Kier molecular flexibility index (Phi) is 8.54. The zero-order valence-electron chi connectivity index (χ0n) is 24.8. The number of ether oxygens (including phenoxy) is 3. The molecule has 0 radical (unpaired) electrons. The maximum atomic E-state index is 13.5. The summed E-state index contributed by atoms with van der Waals surface area (Å²) in [6.45, 7) is 4.61. The Morgan fingerprint density at radius 1 is 1.09 bits per heavy atom. The minimum atomic E-state index is -0.584. The van der Waals surface area contributed by atoms with E-state index < -0.39 is 12.0 Å². The van der Waals surface area contributed by atoms with Crippen LogP contribution in [0.3, 0.4) is 0 Å². The molecule has 2 aromatic heterocycles. The highest BCUT2D eigenvalue weighted by molar-refractivity contribution is 6.01. The second-order valence-corrected chi connectivity index (χ2v) is 10.4. The molecular weight excluding hydrogens is 584 g/mol. The van der Waals surface area contributed by atoms with Gasteiger partial charge < -0.3 is 29.7 Å². The van der Waals surface area contributed by atoms with Crippen LogP contribution in [0.5, 0.6) is 11.5 Å². The molecule has 0 atom stereocenters. The molecule has 2 aliphatic rings. The number of morpholine rings is 1. The van der Waals surface area contributed by atoms with E-state index >= 15 is 0 Å². The van der Waals surface area contributed by atoms with Crippen molar-refractivity contribution in [3.8, 4) is 17.3 Å². The van der Waals surface area contributed by atoms with E-state index in [0.29, 0.717) is 55.6 Å². The van der Waals surface area contributed by atoms with E-state index in [0.717, 1.165) is 25.1 Å². The topological polar surface area (TPSA) is 188 Å². The summed E-state index contributed by atoms with van der Waals surface area (Å²) in [6.07, 6.45) is 1.43. The second-order valence-electron chi connectivity index (χ2n) is 10.4. The second kappa shape index (κ2) is 13.0. The van der Waals surface area contributed by atoms with Crippen LogP contribution in [0.25, 0.3) is 5.82 Å². The van der Waals surface area contributed by atoms with Gasteiger partial charge in [-0.1, -0.05) is 23.4 Å². The van der Waals surface area contributed by atoms with Crippen molar-refractivity contribution in [3.63, 3.8) is 0 Å². The molecule has 1 saturated heterocycles. The van der Waals surface area contributed by atoms with Crippen molar-refractivity contribution in [2.75, 3.05) is 50.6 Å². The van der Waals surface area contributed by atoms with Gasteiger partial charge in [-0.25, -0.2) is 14.8 Å². The molecule has 0 bridgehead atoms. The fourth-order valence-corrected chi connectivity index (χ4v) is 5.22. The van der Waals surface area contributed by atoms with Crippen LogP contribution in [0.2, 0.25) is 0 Å². The Hall–Kier alpha value is -5.51. The Morgan fingerprint density at radius 3 is 2.69 bits per heavy atom. The van der Waals surface area contributed by atoms with E-state index in [4.69, 9.17) is 24.6 Å². The third kappa shape index (κ3) is 6.26. The highest BCUT2D eigenvalue weighted by Crippen LogP contribution is 2.30. The van der Waals surface area contributed by atoms with E-state index in [1.807, 2.05) is 18.2 Å². The molecule has 0 spiro atoms. The van der Waals surface area contributed by atoms with Gasteiger partial charge in [-0.2, -0.15) is 9.78 Å². The van der Waals surface area contributed by atoms with E-state index in [2.05, 4.69) is 42.1 Å². The average molecular weight is 617 g/mol.